The number of carbonyl (C=O) groups is 2. The number of esters is 1. The van der Waals surface area contributed by atoms with Crippen LogP contribution in [0.3, 0.4) is 0 Å². The molecule has 126 valence electrons. The van der Waals surface area contributed by atoms with Gasteiger partial charge in [-0.15, -0.1) is 0 Å². The number of nitro groups is 1. The van der Waals surface area contributed by atoms with Crippen LogP contribution >= 0.6 is 11.6 Å². The van der Waals surface area contributed by atoms with Crippen LogP contribution in [0.5, 0.6) is 0 Å². The SMILES string of the molecule is N#Cc1cc([N+](=O)[O-])ccc1NC(=O)COC(=O)c1ccc(Cl)cc1. The monoisotopic (exact) mass is 359 g/mol. The van der Waals surface area contributed by atoms with Crippen molar-refractivity contribution in [2.75, 3.05) is 11.9 Å². The summed E-state index contributed by atoms with van der Waals surface area (Å²) in [6.45, 7) is -0.580. The molecule has 0 unspecified atom stereocenters. The Kier molecular flexibility index (Phi) is 5.66. The minimum atomic E-state index is -0.712. The first kappa shape index (κ1) is 17.9. The van der Waals surface area contributed by atoms with Crippen LogP contribution in [0.2, 0.25) is 5.02 Å². The molecule has 0 fully saturated rings. The molecule has 1 N–H and O–H groups in total. The number of halogens is 1. The van der Waals surface area contributed by atoms with Crippen molar-refractivity contribution in [1.29, 1.82) is 5.26 Å². The van der Waals surface area contributed by atoms with Crippen LogP contribution in [0.4, 0.5) is 11.4 Å². The molecule has 0 aliphatic rings. The number of amides is 1. The summed E-state index contributed by atoms with van der Waals surface area (Å²) in [6, 6.07) is 11.1. The molecule has 0 radical (unpaired) electrons. The third-order valence-corrected chi connectivity index (χ3v) is 3.27. The summed E-state index contributed by atoms with van der Waals surface area (Å²) in [7, 11) is 0. The van der Waals surface area contributed by atoms with Crippen molar-refractivity contribution in [2.45, 2.75) is 0 Å². The lowest BCUT2D eigenvalue weighted by Crippen LogP contribution is -2.21. The Bertz CT molecular complexity index is 874. The summed E-state index contributed by atoms with van der Waals surface area (Å²) in [5.74, 6) is -1.40. The molecule has 0 aliphatic heterocycles. The zero-order valence-electron chi connectivity index (χ0n) is 12.6. The largest absolute Gasteiger partial charge is 0.452 e. The first-order valence-electron chi connectivity index (χ1n) is 6.82. The van der Waals surface area contributed by atoms with Gasteiger partial charge in [-0.3, -0.25) is 14.9 Å². The van der Waals surface area contributed by atoms with E-state index in [0.29, 0.717) is 5.02 Å². The van der Waals surface area contributed by atoms with Gasteiger partial charge in [-0.05, 0) is 30.3 Å². The molecule has 0 atom stereocenters. The lowest BCUT2D eigenvalue weighted by molar-refractivity contribution is -0.384. The van der Waals surface area contributed by atoms with Gasteiger partial charge in [0.05, 0.1) is 21.7 Å². The maximum absolute atomic E-state index is 11.8. The fraction of sp³-hybridized carbons (Fsp3) is 0.0625. The molecule has 2 aromatic carbocycles. The van der Waals surface area contributed by atoms with Gasteiger partial charge in [0.2, 0.25) is 0 Å². The summed E-state index contributed by atoms with van der Waals surface area (Å²) in [6.07, 6.45) is 0. The molecule has 0 aromatic heterocycles. The number of anilines is 1. The molecule has 9 heteroatoms. The van der Waals surface area contributed by atoms with E-state index in [1.54, 1.807) is 6.07 Å². The normalized spacial score (nSPS) is 9.76. The number of ether oxygens (including phenoxy) is 1. The zero-order valence-corrected chi connectivity index (χ0v) is 13.3. The summed E-state index contributed by atoms with van der Waals surface area (Å²) >= 11 is 5.71. The first-order chi connectivity index (χ1) is 11.9. The highest BCUT2D eigenvalue weighted by Gasteiger charge is 2.14. The van der Waals surface area contributed by atoms with Crippen LogP contribution in [-0.4, -0.2) is 23.4 Å². The topological polar surface area (TPSA) is 122 Å². The quantitative estimate of drug-likeness (QED) is 0.497. The fourth-order valence-corrected chi connectivity index (χ4v) is 1.96. The number of nitriles is 1. The van der Waals surface area contributed by atoms with Crippen LogP contribution in [0.15, 0.2) is 42.5 Å². The van der Waals surface area contributed by atoms with Crippen LogP contribution in [0.1, 0.15) is 15.9 Å². The van der Waals surface area contributed by atoms with E-state index >= 15 is 0 Å². The van der Waals surface area contributed by atoms with Gasteiger partial charge in [-0.1, -0.05) is 11.6 Å². The van der Waals surface area contributed by atoms with Crippen molar-refractivity contribution >= 4 is 34.9 Å². The second-order valence-electron chi connectivity index (χ2n) is 4.73. The molecule has 0 saturated heterocycles. The summed E-state index contributed by atoms with van der Waals surface area (Å²) < 4.78 is 4.85. The predicted octanol–water partition coefficient (Wildman–Crippen LogP) is 2.92. The van der Waals surface area contributed by atoms with E-state index in [0.717, 1.165) is 12.1 Å². The van der Waals surface area contributed by atoms with Crippen LogP contribution in [-0.2, 0) is 9.53 Å². The second-order valence-corrected chi connectivity index (χ2v) is 5.17. The highest BCUT2D eigenvalue weighted by atomic mass is 35.5. The molecule has 0 aliphatic carbocycles. The number of nitro benzene ring substituents is 1. The van der Waals surface area contributed by atoms with E-state index in [4.69, 9.17) is 21.6 Å². The van der Waals surface area contributed by atoms with E-state index in [1.807, 2.05) is 0 Å². The Balaban J connectivity index is 1.98. The van der Waals surface area contributed by atoms with Crippen LogP contribution in [0.25, 0.3) is 0 Å². The van der Waals surface area contributed by atoms with Crippen molar-refractivity contribution < 1.29 is 19.2 Å². The van der Waals surface area contributed by atoms with Crippen molar-refractivity contribution in [3.63, 3.8) is 0 Å². The molecule has 0 bridgehead atoms. The molecule has 0 heterocycles. The summed E-state index contributed by atoms with van der Waals surface area (Å²) in [5, 5.41) is 22.5. The Morgan fingerprint density at radius 1 is 1.24 bits per heavy atom. The average Bonchev–Trinajstić information content (AvgIpc) is 2.60. The standard InChI is InChI=1S/C16H10ClN3O5/c17-12-3-1-10(2-4-12)16(22)25-9-15(21)19-14-6-5-13(20(23)24)7-11(14)8-18/h1-7H,9H2,(H,19,21). The van der Waals surface area contributed by atoms with Gasteiger partial charge < -0.3 is 10.1 Å². The average molecular weight is 360 g/mol. The van der Waals surface area contributed by atoms with Crippen molar-refractivity contribution in [1.82, 2.24) is 0 Å². The zero-order chi connectivity index (χ0) is 18.4. The molecule has 0 spiro atoms. The van der Waals surface area contributed by atoms with E-state index in [1.165, 1.54) is 30.3 Å². The minimum absolute atomic E-state index is 0.0772. The van der Waals surface area contributed by atoms with Gasteiger partial charge in [0.15, 0.2) is 6.61 Å². The molecular weight excluding hydrogens is 350 g/mol. The number of hydrogen-bond acceptors (Lipinski definition) is 6. The molecule has 1 amide bonds. The molecule has 8 nitrogen and oxygen atoms in total. The van der Waals surface area contributed by atoms with Gasteiger partial charge in [-0.2, -0.15) is 5.26 Å². The number of carbonyl (C=O) groups excluding carboxylic acids is 2. The van der Waals surface area contributed by atoms with Crippen molar-refractivity contribution in [2.24, 2.45) is 0 Å². The highest BCUT2D eigenvalue weighted by molar-refractivity contribution is 6.30. The minimum Gasteiger partial charge on any atom is -0.452 e. The van der Waals surface area contributed by atoms with Gasteiger partial charge in [-0.25, -0.2) is 4.79 Å². The van der Waals surface area contributed by atoms with Crippen LogP contribution in [0, 0.1) is 21.4 Å². The molecule has 0 saturated carbocycles. The first-order valence-corrected chi connectivity index (χ1v) is 7.19. The van der Waals surface area contributed by atoms with E-state index in [-0.39, 0.29) is 22.5 Å². The number of hydrogen-bond donors (Lipinski definition) is 1. The van der Waals surface area contributed by atoms with Gasteiger partial charge in [0.25, 0.3) is 11.6 Å². The second kappa shape index (κ2) is 7.90. The third-order valence-electron chi connectivity index (χ3n) is 3.02. The van der Waals surface area contributed by atoms with Gasteiger partial charge in [0.1, 0.15) is 6.07 Å². The van der Waals surface area contributed by atoms with Gasteiger partial charge in [0, 0.05) is 17.2 Å². The van der Waals surface area contributed by atoms with E-state index in [9.17, 15) is 19.7 Å². The Hall–Kier alpha value is -3.44. The molecule has 2 rings (SSSR count). The number of rotatable bonds is 5. The van der Waals surface area contributed by atoms with Gasteiger partial charge >= 0.3 is 5.97 Å². The fourth-order valence-electron chi connectivity index (χ4n) is 1.83. The van der Waals surface area contributed by atoms with E-state index < -0.39 is 23.4 Å². The van der Waals surface area contributed by atoms with E-state index in [2.05, 4.69) is 5.32 Å². The number of benzene rings is 2. The van der Waals surface area contributed by atoms with Crippen molar-refractivity contribution in [3.05, 3.63) is 68.7 Å². The maximum atomic E-state index is 11.8. The number of nitrogens with zero attached hydrogens (tertiary/aromatic N) is 2. The highest BCUT2D eigenvalue weighted by Crippen LogP contribution is 2.21. The Labute approximate surface area is 146 Å². The lowest BCUT2D eigenvalue weighted by Gasteiger charge is -2.08. The summed E-state index contributed by atoms with van der Waals surface area (Å²) in [4.78, 5) is 33.6. The third kappa shape index (κ3) is 4.76. The van der Waals surface area contributed by atoms with Crippen LogP contribution < -0.4 is 5.32 Å². The predicted molar refractivity (Wildman–Crippen MR) is 88.2 cm³/mol. The summed E-state index contributed by atoms with van der Waals surface area (Å²) in [5.41, 5.74) is -0.0406. The lowest BCUT2D eigenvalue weighted by atomic mass is 10.1. The molecule has 2 aromatic rings. The molecule has 25 heavy (non-hydrogen) atoms. The maximum Gasteiger partial charge on any atom is 0.338 e. The molecular formula is C16H10ClN3O5. The Morgan fingerprint density at radius 3 is 2.52 bits per heavy atom. The number of nitrogens with one attached hydrogen (secondary N) is 1. The van der Waals surface area contributed by atoms with Crippen molar-refractivity contribution in [3.8, 4) is 6.07 Å². The number of non-ortho nitro benzene ring substituents is 1. The Morgan fingerprint density at radius 2 is 1.92 bits per heavy atom. The smallest absolute Gasteiger partial charge is 0.338 e.